The van der Waals surface area contributed by atoms with Crippen LogP contribution >= 0.6 is 11.3 Å². The molecule has 2 saturated heterocycles. The van der Waals surface area contributed by atoms with Crippen LogP contribution < -0.4 is 10.6 Å². The highest BCUT2D eigenvalue weighted by Gasteiger charge is 2.51. The third-order valence-electron chi connectivity index (χ3n) is 9.22. The number of carbonyl (C=O) groups is 2. The Balaban J connectivity index is 0.966. The molecule has 1 spiro atoms. The zero-order chi connectivity index (χ0) is 32.0. The summed E-state index contributed by atoms with van der Waals surface area (Å²) in [6.07, 6.45) is 7.67. The fourth-order valence-electron chi connectivity index (χ4n) is 6.60. The van der Waals surface area contributed by atoms with Gasteiger partial charge in [0.25, 0.3) is 0 Å². The SMILES string of the molecule is Cn1cnc(-c2cnc(C3=CCN(C(=O)CN4CC[C@]5(CCN(c6ccc(N)c(C(=N)c7ccc(F)cc7)c6)C5=O)C4)CC3)s2)n1. The first kappa shape index (κ1) is 29.9. The van der Waals surface area contributed by atoms with E-state index in [1.807, 2.05) is 18.0 Å². The van der Waals surface area contributed by atoms with Crippen molar-refractivity contribution in [1.29, 1.82) is 5.41 Å². The summed E-state index contributed by atoms with van der Waals surface area (Å²) in [4.78, 5) is 42.7. The van der Waals surface area contributed by atoms with E-state index in [2.05, 4.69) is 26.0 Å². The number of nitrogens with zero attached hydrogens (tertiary/aromatic N) is 7. The first-order valence-electron chi connectivity index (χ1n) is 15.3. The van der Waals surface area contributed by atoms with E-state index in [4.69, 9.17) is 11.1 Å². The Morgan fingerprint density at radius 3 is 2.65 bits per heavy atom. The Kier molecular flexibility index (Phi) is 7.73. The van der Waals surface area contributed by atoms with E-state index in [1.54, 1.807) is 57.7 Å². The van der Waals surface area contributed by atoms with E-state index in [0.29, 0.717) is 73.9 Å². The molecule has 0 bridgehead atoms. The van der Waals surface area contributed by atoms with Crippen molar-refractivity contribution in [3.63, 3.8) is 0 Å². The van der Waals surface area contributed by atoms with Gasteiger partial charge in [0.1, 0.15) is 17.2 Å². The maximum Gasteiger partial charge on any atom is 0.237 e. The van der Waals surface area contributed by atoms with Crippen molar-refractivity contribution in [2.75, 3.05) is 49.9 Å². The quantitative estimate of drug-likeness (QED) is 0.232. The monoisotopic (exact) mass is 639 g/mol. The third-order valence-corrected chi connectivity index (χ3v) is 10.3. The smallest absolute Gasteiger partial charge is 0.237 e. The second kappa shape index (κ2) is 11.9. The van der Waals surface area contributed by atoms with Gasteiger partial charge in [-0.25, -0.2) is 14.4 Å². The molecule has 2 fully saturated rings. The van der Waals surface area contributed by atoms with Gasteiger partial charge >= 0.3 is 0 Å². The molecule has 5 heterocycles. The molecular formula is C33H34FN9O2S. The molecule has 0 radical (unpaired) electrons. The number of aryl methyl sites for hydroxylation is 1. The minimum atomic E-state index is -0.535. The van der Waals surface area contributed by atoms with Crippen molar-refractivity contribution in [3.05, 3.63) is 83.0 Å². The van der Waals surface area contributed by atoms with Crippen molar-refractivity contribution in [1.82, 2.24) is 29.5 Å². The number of nitrogen functional groups attached to an aromatic ring is 1. The number of carbonyl (C=O) groups excluding carboxylic acids is 2. The molecule has 4 aromatic rings. The largest absolute Gasteiger partial charge is 0.398 e. The number of hydrogen-bond donors (Lipinski definition) is 2. The van der Waals surface area contributed by atoms with Crippen LogP contribution in [0.25, 0.3) is 16.3 Å². The molecule has 2 amide bonds. The number of nitrogens with one attached hydrogen (secondary N) is 1. The molecular weight excluding hydrogens is 605 g/mol. The minimum Gasteiger partial charge on any atom is -0.398 e. The van der Waals surface area contributed by atoms with Crippen molar-refractivity contribution >= 4 is 45.8 Å². The van der Waals surface area contributed by atoms with Crippen LogP contribution in [0.3, 0.4) is 0 Å². The third kappa shape index (κ3) is 5.60. The van der Waals surface area contributed by atoms with Crippen LogP contribution in [-0.2, 0) is 16.6 Å². The molecule has 236 valence electrons. The summed E-state index contributed by atoms with van der Waals surface area (Å²) in [6, 6.07) is 11.0. The number of likely N-dealkylation sites (tertiary alicyclic amines) is 1. The summed E-state index contributed by atoms with van der Waals surface area (Å²) in [5, 5.41) is 13.9. The molecule has 13 heteroatoms. The average Bonchev–Trinajstić information content (AvgIpc) is 3.87. The zero-order valence-electron chi connectivity index (χ0n) is 25.4. The van der Waals surface area contributed by atoms with E-state index in [1.165, 1.54) is 12.1 Å². The number of amides is 2. The van der Waals surface area contributed by atoms with Crippen LogP contribution in [0.15, 0.2) is 61.1 Å². The summed E-state index contributed by atoms with van der Waals surface area (Å²) in [5.41, 5.74) is 9.13. The number of hydrogen-bond acceptors (Lipinski definition) is 9. The lowest BCUT2D eigenvalue weighted by Gasteiger charge is -2.28. The highest BCUT2D eigenvalue weighted by Crippen LogP contribution is 2.43. The highest BCUT2D eigenvalue weighted by atomic mass is 32.1. The van der Waals surface area contributed by atoms with Gasteiger partial charge in [-0.15, -0.1) is 11.3 Å². The first-order chi connectivity index (χ1) is 22.2. The van der Waals surface area contributed by atoms with Crippen molar-refractivity contribution < 1.29 is 14.0 Å². The Bertz CT molecular complexity index is 1870. The predicted octanol–water partition coefficient (Wildman–Crippen LogP) is 3.82. The number of anilines is 2. The number of thiazole rings is 1. The summed E-state index contributed by atoms with van der Waals surface area (Å²) >= 11 is 1.56. The van der Waals surface area contributed by atoms with Gasteiger partial charge in [0, 0.05) is 61.9 Å². The van der Waals surface area contributed by atoms with E-state index in [-0.39, 0.29) is 29.9 Å². The number of benzene rings is 2. The molecule has 46 heavy (non-hydrogen) atoms. The minimum absolute atomic E-state index is 0.0424. The van der Waals surface area contributed by atoms with Gasteiger partial charge < -0.3 is 15.5 Å². The van der Waals surface area contributed by atoms with Crippen LogP contribution in [-0.4, -0.2) is 86.3 Å². The number of aromatic nitrogens is 4. The summed E-state index contributed by atoms with van der Waals surface area (Å²) in [5.74, 6) is 0.392. The molecule has 3 aliphatic rings. The van der Waals surface area contributed by atoms with Gasteiger partial charge in [0.2, 0.25) is 11.8 Å². The van der Waals surface area contributed by atoms with Crippen LogP contribution in [0, 0.1) is 16.6 Å². The van der Waals surface area contributed by atoms with Crippen molar-refractivity contribution in [2.24, 2.45) is 12.5 Å². The van der Waals surface area contributed by atoms with E-state index >= 15 is 0 Å². The van der Waals surface area contributed by atoms with Gasteiger partial charge in [0.15, 0.2) is 5.82 Å². The van der Waals surface area contributed by atoms with Crippen molar-refractivity contribution in [2.45, 2.75) is 19.3 Å². The number of nitrogens with two attached hydrogens (primary N) is 1. The fraction of sp³-hybridized carbons (Fsp3) is 0.333. The Labute approximate surface area is 269 Å². The molecule has 0 aliphatic carbocycles. The topological polar surface area (TPSA) is 137 Å². The lowest BCUT2D eigenvalue weighted by atomic mass is 9.85. The highest BCUT2D eigenvalue weighted by molar-refractivity contribution is 7.16. The maximum atomic E-state index is 13.9. The van der Waals surface area contributed by atoms with Crippen LogP contribution in [0.5, 0.6) is 0 Å². The second-order valence-electron chi connectivity index (χ2n) is 12.2. The molecule has 2 aromatic carbocycles. The van der Waals surface area contributed by atoms with Crippen LogP contribution in [0.2, 0.25) is 0 Å². The van der Waals surface area contributed by atoms with Crippen LogP contribution in [0.1, 0.15) is 35.4 Å². The van der Waals surface area contributed by atoms with Crippen molar-refractivity contribution in [3.8, 4) is 10.7 Å². The predicted molar refractivity (Wildman–Crippen MR) is 175 cm³/mol. The van der Waals surface area contributed by atoms with E-state index in [9.17, 15) is 14.0 Å². The van der Waals surface area contributed by atoms with E-state index < -0.39 is 5.41 Å². The van der Waals surface area contributed by atoms with Gasteiger partial charge in [-0.2, -0.15) is 5.10 Å². The average molecular weight is 640 g/mol. The normalized spacial score (nSPS) is 20.1. The van der Waals surface area contributed by atoms with E-state index in [0.717, 1.165) is 21.9 Å². The Hall–Kier alpha value is -4.75. The molecule has 3 N–H and O–H groups in total. The fourth-order valence-corrected chi connectivity index (χ4v) is 7.52. The second-order valence-corrected chi connectivity index (χ2v) is 13.2. The molecule has 7 rings (SSSR count). The number of rotatable bonds is 7. The lowest BCUT2D eigenvalue weighted by Crippen LogP contribution is -2.43. The summed E-state index contributed by atoms with van der Waals surface area (Å²) in [6.45, 7) is 3.22. The zero-order valence-corrected chi connectivity index (χ0v) is 26.3. The van der Waals surface area contributed by atoms with Gasteiger partial charge in [0.05, 0.1) is 22.5 Å². The molecule has 0 saturated carbocycles. The number of halogens is 1. The molecule has 3 aliphatic heterocycles. The molecule has 2 aromatic heterocycles. The summed E-state index contributed by atoms with van der Waals surface area (Å²) < 4.78 is 15.1. The summed E-state index contributed by atoms with van der Waals surface area (Å²) in [7, 11) is 1.83. The Morgan fingerprint density at radius 2 is 1.91 bits per heavy atom. The van der Waals surface area contributed by atoms with Gasteiger partial charge in [-0.3, -0.25) is 24.6 Å². The maximum absolute atomic E-state index is 13.9. The Morgan fingerprint density at radius 1 is 1.11 bits per heavy atom. The van der Waals surface area contributed by atoms with Crippen LogP contribution in [0.4, 0.5) is 15.8 Å². The van der Waals surface area contributed by atoms with Gasteiger partial charge in [-0.1, -0.05) is 6.08 Å². The van der Waals surface area contributed by atoms with Gasteiger partial charge in [-0.05, 0) is 73.8 Å². The molecule has 0 unspecified atom stereocenters. The molecule has 1 atom stereocenters. The molecule has 11 nitrogen and oxygen atoms in total. The lowest BCUT2D eigenvalue weighted by molar-refractivity contribution is -0.132. The standard InChI is InChI=1S/C33H34FN9O2S/c1-40-20-38-30(39-40)27-17-37-31(46-27)22-8-12-42(13-9-22)28(44)18-41-14-10-33(19-41)11-15-43(32(33)45)24-6-7-26(35)25(16-24)29(36)21-2-4-23(34)5-3-21/h2-8,16-17,20,36H,9-15,18-19,35H2,1H3/t33-/m0/s1. The first-order valence-corrected chi connectivity index (χ1v) is 16.1.